The van der Waals surface area contributed by atoms with Crippen molar-refractivity contribution in [1.82, 2.24) is 0 Å². The van der Waals surface area contributed by atoms with Crippen LogP contribution < -0.4 is 0 Å². The Morgan fingerprint density at radius 2 is 1.88 bits per heavy atom. The summed E-state index contributed by atoms with van der Waals surface area (Å²) < 4.78 is 0. The van der Waals surface area contributed by atoms with Crippen LogP contribution in [0.1, 0.15) is 38.7 Å². The molecule has 1 aromatic rings. The Balaban J connectivity index is 2.00. The summed E-state index contributed by atoms with van der Waals surface area (Å²) in [6, 6.07) is 10.2. The third-order valence-electron chi connectivity index (χ3n) is 5.19. The van der Waals surface area contributed by atoms with E-state index in [1.54, 1.807) is 0 Å². The molecular weight excluding hydrogens is 196 g/mol. The lowest BCUT2D eigenvalue weighted by Gasteiger charge is -2.63. The number of benzene rings is 1. The molecule has 0 radical (unpaired) electrons. The van der Waals surface area contributed by atoms with Crippen LogP contribution >= 0.6 is 0 Å². The average Bonchev–Trinajstić information content (AvgIpc) is 2.30. The lowest BCUT2D eigenvalue weighted by molar-refractivity contribution is -0.207. The molecule has 3 atom stereocenters. The molecule has 0 heterocycles. The van der Waals surface area contributed by atoms with Crippen molar-refractivity contribution in [3.63, 3.8) is 0 Å². The summed E-state index contributed by atoms with van der Waals surface area (Å²) in [7, 11) is 0. The highest BCUT2D eigenvalue weighted by Crippen LogP contribution is 2.65. The first-order chi connectivity index (χ1) is 7.55. The molecule has 3 fully saturated rings. The number of aliphatic hydroxyl groups is 1. The SMILES string of the molecule is CC1(C)C2CCC(O)(c3ccccc3)C1C2. The molecule has 3 unspecified atom stereocenters. The van der Waals surface area contributed by atoms with E-state index in [1.165, 1.54) is 12.8 Å². The minimum absolute atomic E-state index is 0.322. The minimum atomic E-state index is -0.570. The third-order valence-corrected chi connectivity index (χ3v) is 5.19. The van der Waals surface area contributed by atoms with E-state index in [0.717, 1.165) is 17.9 Å². The molecule has 86 valence electrons. The Morgan fingerprint density at radius 1 is 1.19 bits per heavy atom. The molecular formula is C15H20O. The topological polar surface area (TPSA) is 20.2 Å². The highest BCUT2D eigenvalue weighted by molar-refractivity contribution is 5.27. The van der Waals surface area contributed by atoms with Crippen LogP contribution in [0.2, 0.25) is 0 Å². The zero-order chi connectivity index (χ0) is 11.4. The van der Waals surface area contributed by atoms with Crippen LogP contribution in [0.4, 0.5) is 0 Å². The van der Waals surface area contributed by atoms with Gasteiger partial charge in [-0.3, -0.25) is 0 Å². The fourth-order valence-corrected chi connectivity index (χ4v) is 3.96. The molecule has 1 nitrogen and oxygen atoms in total. The van der Waals surface area contributed by atoms with Crippen LogP contribution in [0.25, 0.3) is 0 Å². The van der Waals surface area contributed by atoms with Crippen LogP contribution in [0.3, 0.4) is 0 Å². The molecule has 3 aliphatic carbocycles. The van der Waals surface area contributed by atoms with E-state index in [0.29, 0.717) is 11.3 Å². The van der Waals surface area contributed by atoms with E-state index < -0.39 is 5.60 Å². The lowest BCUT2D eigenvalue weighted by atomic mass is 9.43. The molecule has 16 heavy (non-hydrogen) atoms. The van der Waals surface area contributed by atoms with Crippen molar-refractivity contribution in [3.8, 4) is 0 Å². The van der Waals surface area contributed by atoms with Gasteiger partial charge in [0, 0.05) is 0 Å². The average molecular weight is 216 g/mol. The fourth-order valence-electron chi connectivity index (χ4n) is 3.96. The van der Waals surface area contributed by atoms with Gasteiger partial charge in [0.05, 0.1) is 5.60 Å². The molecule has 1 heteroatoms. The molecule has 0 aromatic heterocycles. The molecule has 4 rings (SSSR count). The fraction of sp³-hybridized carbons (Fsp3) is 0.600. The molecule has 3 aliphatic rings. The summed E-state index contributed by atoms with van der Waals surface area (Å²) in [6.07, 6.45) is 3.32. The van der Waals surface area contributed by atoms with E-state index in [9.17, 15) is 5.11 Å². The van der Waals surface area contributed by atoms with Crippen LogP contribution in [0.5, 0.6) is 0 Å². The first-order valence-electron chi connectivity index (χ1n) is 6.33. The Labute approximate surface area is 97.5 Å². The lowest BCUT2D eigenvalue weighted by Crippen LogP contribution is -2.59. The molecule has 2 bridgehead atoms. The number of fused-ring (bicyclic) bond motifs is 2. The zero-order valence-electron chi connectivity index (χ0n) is 10.1. The van der Waals surface area contributed by atoms with E-state index >= 15 is 0 Å². The molecule has 3 saturated carbocycles. The predicted octanol–water partition coefficient (Wildman–Crippen LogP) is 3.33. The van der Waals surface area contributed by atoms with Crippen molar-refractivity contribution in [3.05, 3.63) is 35.9 Å². The maximum absolute atomic E-state index is 11.0. The molecule has 1 N–H and O–H groups in total. The van der Waals surface area contributed by atoms with Gasteiger partial charge in [-0.25, -0.2) is 0 Å². The zero-order valence-corrected chi connectivity index (χ0v) is 10.1. The molecule has 0 saturated heterocycles. The number of hydrogen-bond acceptors (Lipinski definition) is 1. The van der Waals surface area contributed by atoms with Crippen molar-refractivity contribution in [2.75, 3.05) is 0 Å². The van der Waals surface area contributed by atoms with E-state index in [2.05, 4.69) is 26.0 Å². The summed E-state index contributed by atoms with van der Waals surface area (Å²) in [5, 5.41) is 11.0. The second-order valence-corrected chi connectivity index (χ2v) is 6.14. The van der Waals surface area contributed by atoms with E-state index in [1.807, 2.05) is 18.2 Å². The van der Waals surface area contributed by atoms with Crippen molar-refractivity contribution in [1.29, 1.82) is 0 Å². The number of rotatable bonds is 1. The molecule has 0 amide bonds. The van der Waals surface area contributed by atoms with Gasteiger partial charge in [0.2, 0.25) is 0 Å². The summed E-state index contributed by atoms with van der Waals surface area (Å²) in [5.41, 5.74) is 0.869. The van der Waals surface area contributed by atoms with Gasteiger partial charge in [0.25, 0.3) is 0 Å². The maximum Gasteiger partial charge on any atom is 0.0929 e. The second-order valence-electron chi connectivity index (χ2n) is 6.14. The van der Waals surface area contributed by atoms with Gasteiger partial charge in [-0.15, -0.1) is 0 Å². The van der Waals surface area contributed by atoms with Gasteiger partial charge in [0.15, 0.2) is 0 Å². The molecule has 0 aliphatic heterocycles. The van der Waals surface area contributed by atoms with E-state index in [4.69, 9.17) is 0 Å². The van der Waals surface area contributed by atoms with Crippen LogP contribution in [0, 0.1) is 17.3 Å². The summed E-state index contributed by atoms with van der Waals surface area (Å²) in [4.78, 5) is 0. The largest absolute Gasteiger partial charge is 0.385 e. The Bertz CT molecular complexity index is 393. The maximum atomic E-state index is 11.0. The van der Waals surface area contributed by atoms with Gasteiger partial charge in [-0.05, 0) is 42.1 Å². The quantitative estimate of drug-likeness (QED) is 0.763. The second kappa shape index (κ2) is 3.10. The monoisotopic (exact) mass is 216 g/mol. The van der Waals surface area contributed by atoms with Gasteiger partial charge in [-0.1, -0.05) is 44.2 Å². The minimum Gasteiger partial charge on any atom is -0.385 e. The highest BCUT2D eigenvalue weighted by atomic mass is 16.3. The van der Waals surface area contributed by atoms with Crippen molar-refractivity contribution in [2.24, 2.45) is 17.3 Å². The standard InChI is InChI=1S/C15H20O/c1-14(2)12-8-9-15(16,13(14)10-12)11-6-4-3-5-7-11/h3-7,12-13,16H,8-10H2,1-2H3. The Hall–Kier alpha value is -0.820. The van der Waals surface area contributed by atoms with Gasteiger partial charge >= 0.3 is 0 Å². The predicted molar refractivity (Wildman–Crippen MR) is 65.0 cm³/mol. The van der Waals surface area contributed by atoms with Crippen LogP contribution in [0.15, 0.2) is 30.3 Å². The third kappa shape index (κ3) is 1.15. The summed E-state index contributed by atoms with van der Waals surface area (Å²) >= 11 is 0. The van der Waals surface area contributed by atoms with Crippen LogP contribution in [-0.2, 0) is 5.60 Å². The van der Waals surface area contributed by atoms with Crippen LogP contribution in [-0.4, -0.2) is 5.11 Å². The van der Waals surface area contributed by atoms with Gasteiger partial charge < -0.3 is 5.11 Å². The van der Waals surface area contributed by atoms with Crippen molar-refractivity contribution >= 4 is 0 Å². The van der Waals surface area contributed by atoms with Gasteiger partial charge in [-0.2, -0.15) is 0 Å². The number of hydrogen-bond donors (Lipinski definition) is 1. The Kier molecular flexibility index (Phi) is 2.00. The summed E-state index contributed by atoms with van der Waals surface area (Å²) in [5.74, 6) is 1.28. The van der Waals surface area contributed by atoms with E-state index in [-0.39, 0.29) is 0 Å². The van der Waals surface area contributed by atoms with Crippen molar-refractivity contribution < 1.29 is 5.11 Å². The summed E-state index contributed by atoms with van der Waals surface area (Å²) in [6.45, 7) is 4.64. The first-order valence-corrected chi connectivity index (χ1v) is 6.33. The highest BCUT2D eigenvalue weighted by Gasteiger charge is 2.61. The Morgan fingerprint density at radius 3 is 2.44 bits per heavy atom. The normalized spacial score (nSPS) is 40.2. The molecule has 1 aromatic carbocycles. The smallest absolute Gasteiger partial charge is 0.0929 e. The van der Waals surface area contributed by atoms with Gasteiger partial charge in [0.1, 0.15) is 0 Å². The first kappa shape index (κ1) is 10.3. The molecule has 0 spiro atoms. The van der Waals surface area contributed by atoms with Crippen molar-refractivity contribution in [2.45, 2.75) is 38.7 Å².